The third-order valence-electron chi connectivity index (χ3n) is 4.10. The number of rotatable bonds is 2. The number of para-hydroxylation sites is 1. The van der Waals surface area contributed by atoms with Gasteiger partial charge in [0.15, 0.2) is 0 Å². The summed E-state index contributed by atoms with van der Waals surface area (Å²) in [6, 6.07) is 7.26. The Hall–Kier alpha value is -2.08. The van der Waals surface area contributed by atoms with Crippen molar-refractivity contribution in [3.05, 3.63) is 29.8 Å². The molecule has 3 rings (SSSR count). The lowest BCUT2D eigenvalue weighted by Crippen LogP contribution is -2.51. The molecule has 2 amide bonds. The molecule has 1 aromatic rings. The summed E-state index contributed by atoms with van der Waals surface area (Å²) in [4.78, 5) is 26.6. The molecule has 0 bridgehead atoms. The van der Waals surface area contributed by atoms with Crippen LogP contribution in [-0.4, -0.2) is 46.9 Å². The normalized spacial score (nSPS) is 23.5. The summed E-state index contributed by atoms with van der Waals surface area (Å²) in [6.07, 6.45) is -0.650. The van der Waals surface area contributed by atoms with Gasteiger partial charge in [0.2, 0.25) is 5.91 Å². The number of hydrogen-bond donors (Lipinski definition) is 1. The second-order valence-electron chi connectivity index (χ2n) is 5.87. The van der Waals surface area contributed by atoms with Crippen molar-refractivity contribution in [1.82, 2.24) is 4.90 Å². The van der Waals surface area contributed by atoms with Crippen LogP contribution in [0, 0.1) is 0 Å². The second-order valence-corrected chi connectivity index (χ2v) is 5.87. The van der Waals surface area contributed by atoms with E-state index in [1.165, 1.54) is 4.90 Å². The van der Waals surface area contributed by atoms with E-state index in [2.05, 4.69) is 0 Å². The molecule has 0 aromatic heterocycles. The van der Waals surface area contributed by atoms with E-state index in [0.29, 0.717) is 19.6 Å². The summed E-state index contributed by atoms with van der Waals surface area (Å²) in [5.41, 5.74) is 0.999. The van der Waals surface area contributed by atoms with Gasteiger partial charge in [0.25, 0.3) is 0 Å². The van der Waals surface area contributed by atoms with E-state index >= 15 is 0 Å². The average molecular weight is 290 g/mol. The number of nitrogens with zero attached hydrogens (tertiary/aromatic N) is 2. The highest BCUT2D eigenvalue weighted by Gasteiger charge is 2.45. The van der Waals surface area contributed by atoms with Gasteiger partial charge in [-0.25, -0.2) is 4.79 Å². The van der Waals surface area contributed by atoms with Crippen LogP contribution < -0.4 is 4.90 Å². The number of amides is 2. The quantitative estimate of drug-likeness (QED) is 0.900. The lowest BCUT2D eigenvalue weighted by molar-refractivity contribution is -0.117. The number of anilines is 1. The number of carbonyl (C=O) groups excluding carboxylic acids is 1. The van der Waals surface area contributed by atoms with Gasteiger partial charge < -0.3 is 14.7 Å². The van der Waals surface area contributed by atoms with Gasteiger partial charge in [-0.2, -0.15) is 0 Å². The van der Waals surface area contributed by atoms with Crippen LogP contribution in [0.25, 0.3) is 0 Å². The summed E-state index contributed by atoms with van der Waals surface area (Å²) >= 11 is 0. The maximum Gasteiger partial charge on any atom is 0.409 e. The Morgan fingerprint density at radius 1 is 1.43 bits per heavy atom. The molecule has 1 unspecified atom stereocenters. The van der Waals surface area contributed by atoms with Crippen LogP contribution in [-0.2, 0) is 16.0 Å². The lowest BCUT2D eigenvalue weighted by atomic mass is 10.1. The number of hydrogen-bond acceptors (Lipinski definition) is 3. The molecule has 2 aliphatic rings. The highest BCUT2D eigenvalue weighted by molar-refractivity contribution is 6.01. The van der Waals surface area contributed by atoms with Crippen molar-refractivity contribution < 1.29 is 19.4 Å². The van der Waals surface area contributed by atoms with Gasteiger partial charge in [-0.3, -0.25) is 9.69 Å². The predicted molar refractivity (Wildman–Crippen MR) is 76.2 cm³/mol. The van der Waals surface area contributed by atoms with Gasteiger partial charge in [0, 0.05) is 12.2 Å². The van der Waals surface area contributed by atoms with Gasteiger partial charge >= 0.3 is 6.09 Å². The van der Waals surface area contributed by atoms with Crippen molar-refractivity contribution in [2.45, 2.75) is 32.0 Å². The number of carbonyl (C=O) groups is 2. The number of ether oxygens (including phenoxy) is 1. The zero-order valence-electron chi connectivity index (χ0n) is 12.1. The molecule has 6 nitrogen and oxygen atoms in total. The van der Waals surface area contributed by atoms with Gasteiger partial charge in [0.1, 0.15) is 5.72 Å². The van der Waals surface area contributed by atoms with Crippen molar-refractivity contribution in [1.29, 1.82) is 0 Å². The summed E-state index contributed by atoms with van der Waals surface area (Å²) in [5.74, 6) is 0.00578. The molecule has 0 aliphatic carbocycles. The Morgan fingerprint density at radius 3 is 2.86 bits per heavy atom. The molecule has 1 atom stereocenters. The fraction of sp³-hybridized carbons (Fsp3) is 0.467. The molecule has 0 spiro atoms. The standard InChI is InChI=1S/C15H18N2O4/c1-15(2)17(14(19)20)11(9-21-15)8-16-12-6-4-3-5-10(12)7-13(16)18/h3-6,11H,7-9H2,1-2H3,(H,19,20). The van der Waals surface area contributed by atoms with E-state index in [-0.39, 0.29) is 11.9 Å². The summed E-state index contributed by atoms with van der Waals surface area (Å²) < 4.78 is 5.57. The van der Waals surface area contributed by atoms with Crippen LogP contribution in [0.1, 0.15) is 19.4 Å². The molecule has 21 heavy (non-hydrogen) atoms. The zero-order chi connectivity index (χ0) is 15.2. The molecule has 2 heterocycles. The molecule has 0 saturated carbocycles. The van der Waals surface area contributed by atoms with Crippen LogP contribution in [0.15, 0.2) is 24.3 Å². The Labute approximate surface area is 122 Å². The molecular formula is C15H18N2O4. The third kappa shape index (κ3) is 2.25. The number of carboxylic acid groups (broad SMARTS) is 1. The maximum absolute atomic E-state index is 12.2. The van der Waals surface area contributed by atoms with Gasteiger partial charge in [-0.05, 0) is 25.5 Å². The summed E-state index contributed by atoms with van der Waals surface area (Å²) in [5, 5.41) is 9.40. The van der Waals surface area contributed by atoms with Crippen molar-refractivity contribution in [2.24, 2.45) is 0 Å². The van der Waals surface area contributed by atoms with Gasteiger partial charge in [-0.1, -0.05) is 18.2 Å². The number of benzene rings is 1. The minimum absolute atomic E-state index is 0.00578. The van der Waals surface area contributed by atoms with Gasteiger partial charge in [0.05, 0.1) is 19.1 Å². The minimum Gasteiger partial charge on any atom is -0.465 e. The topological polar surface area (TPSA) is 70.1 Å². The van der Waals surface area contributed by atoms with Gasteiger partial charge in [-0.15, -0.1) is 0 Å². The molecule has 1 fully saturated rings. The monoisotopic (exact) mass is 290 g/mol. The summed E-state index contributed by atoms with van der Waals surface area (Å²) in [6.45, 7) is 4.07. The Kier molecular flexibility index (Phi) is 3.13. The highest BCUT2D eigenvalue weighted by Crippen LogP contribution is 2.32. The third-order valence-corrected chi connectivity index (χ3v) is 4.10. The van der Waals surface area contributed by atoms with Crippen molar-refractivity contribution in [3.8, 4) is 0 Å². The predicted octanol–water partition coefficient (Wildman–Crippen LogP) is 1.69. The molecule has 1 N–H and O–H groups in total. The zero-order valence-corrected chi connectivity index (χ0v) is 12.1. The highest BCUT2D eigenvalue weighted by atomic mass is 16.5. The van der Waals surface area contributed by atoms with Crippen molar-refractivity contribution in [3.63, 3.8) is 0 Å². The first kappa shape index (κ1) is 13.9. The SMILES string of the molecule is CC1(C)OCC(CN2C(=O)Cc3ccccc32)N1C(=O)O. The second kappa shape index (κ2) is 4.73. The minimum atomic E-state index is -1.03. The van der Waals surface area contributed by atoms with Crippen LogP contribution in [0.5, 0.6) is 0 Å². The average Bonchev–Trinajstić information content (AvgIpc) is 2.88. The first-order chi connectivity index (χ1) is 9.90. The van der Waals surface area contributed by atoms with E-state index in [4.69, 9.17) is 4.74 Å². The van der Waals surface area contributed by atoms with E-state index < -0.39 is 11.8 Å². The van der Waals surface area contributed by atoms with Crippen LogP contribution >= 0.6 is 0 Å². The molecule has 6 heteroatoms. The molecule has 0 radical (unpaired) electrons. The first-order valence-electron chi connectivity index (χ1n) is 6.94. The number of fused-ring (bicyclic) bond motifs is 1. The van der Waals surface area contributed by atoms with E-state index in [9.17, 15) is 14.7 Å². The first-order valence-corrected chi connectivity index (χ1v) is 6.94. The Balaban J connectivity index is 1.84. The fourth-order valence-electron chi connectivity index (χ4n) is 3.13. The summed E-state index contributed by atoms with van der Waals surface area (Å²) in [7, 11) is 0. The Bertz CT molecular complexity index is 599. The van der Waals surface area contributed by atoms with Crippen molar-refractivity contribution in [2.75, 3.05) is 18.1 Å². The Morgan fingerprint density at radius 2 is 2.14 bits per heavy atom. The van der Waals surface area contributed by atoms with E-state index in [0.717, 1.165) is 11.3 Å². The molecular weight excluding hydrogens is 272 g/mol. The van der Waals surface area contributed by atoms with E-state index in [1.54, 1.807) is 18.7 Å². The molecule has 1 aromatic carbocycles. The van der Waals surface area contributed by atoms with Crippen LogP contribution in [0.2, 0.25) is 0 Å². The fourth-order valence-corrected chi connectivity index (χ4v) is 3.13. The van der Waals surface area contributed by atoms with Crippen molar-refractivity contribution >= 4 is 17.7 Å². The van der Waals surface area contributed by atoms with Crippen LogP contribution in [0.3, 0.4) is 0 Å². The molecule has 112 valence electrons. The smallest absolute Gasteiger partial charge is 0.409 e. The maximum atomic E-state index is 12.2. The van der Waals surface area contributed by atoms with E-state index in [1.807, 2.05) is 24.3 Å². The lowest BCUT2D eigenvalue weighted by Gasteiger charge is -2.32. The molecule has 1 saturated heterocycles. The molecule has 2 aliphatic heterocycles. The van der Waals surface area contributed by atoms with Crippen LogP contribution in [0.4, 0.5) is 10.5 Å². The largest absolute Gasteiger partial charge is 0.465 e.